The molecular formula is C12H13N3O2. The summed E-state index contributed by atoms with van der Waals surface area (Å²) in [6.45, 7) is 2.07. The van der Waals surface area contributed by atoms with Gasteiger partial charge in [0.2, 0.25) is 0 Å². The quantitative estimate of drug-likeness (QED) is 0.578. The molecule has 1 aromatic carbocycles. The topological polar surface area (TPSA) is 82.0 Å². The van der Waals surface area contributed by atoms with E-state index in [1.54, 1.807) is 6.07 Å². The van der Waals surface area contributed by atoms with Crippen molar-refractivity contribution in [3.05, 3.63) is 35.4 Å². The van der Waals surface area contributed by atoms with E-state index in [2.05, 4.69) is 10.6 Å². The lowest BCUT2D eigenvalue weighted by atomic mass is 10.1. The van der Waals surface area contributed by atoms with Crippen molar-refractivity contribution >= 4 is 11.8 Å². The standard InChI is InChI=1S/C12H13N3O2/c1-9-3-2-4-10(7-9)8-15-12(17)11(16)14-6-5-13/h2-4,7H,6,8H2,1H3,(H,14,16)(H,15,17). The molecule has 0 spiro atoms. The highest BCUT2D eigenvalue weighted by Crippen LogP contribution is 2.02. The highest BCUT2D eigenvalue weighted by Gasteiger charge is 2.11. The van der Waals surface area contributed by atoms with Crippen molar-refractivity contribution in [2.45, 2.75) is 13.5 Å². The summed E-state index contributed by atoms with van der Waals surface area (Å²) in [5.74, 6) is -1.53. The van der Waals surface area contributed by atoms with Gasteiger partial charge in [-0.05, 0) is 12.5 Å². The molecule has 1 rings (SSSR count). The smallest absolute Gasteiger partial charge is 0.310 e. The minimum absolute atomic E-state index is 0.170. The Hall–Kier alpha value is -2.35. The summed E-state index contributed by atoms with van der Waals surface area (Å²) in [7, 11) is 0. The van der Waals surface area contributed by atoms with Crippen LogP contribution in [0.1, 0.15) is 11.1 Å². The molecular weight excluding hydrogens is 218 g/mol. The zero-order chi connectivity index (χ0) is 12.7. The number of amides is 2. The molecule has 2 N–H and O–H groups in total. The fraction of sp³-hybridized carbons (Fsp3) is 0.250. The normalized spacial score (nSPS) is 9.18. The van der Waals surface area contributed by atoms with Crippen LogP contribution in [0.4, 0.5) is 0 Å². The van der Waals surface area contributed by atoms with Gasteiger partial charge in [0.05, 0.1) is 6.07 Å². The summed E-state index contributed by atoms with van der Waals surface area (Å²) in [5.41, 5.74) is 2.01. The van der Waals surface area contributed by atoms with Crippen molar-refractivity contribution in [3.63, 3.8) is 0 Å². The molecule has 17 heavy (non-hydrogen) atoms. The van der Waals surface area contributed by atoms with E-state index in [1.807, 2.05) is 31.2 Å². The Bertz CT molecular complexity index is 463. The van der Waals surface area contributed by atoms with Crippen LogP contribution in [-0.2, 0) is 16.1 Å². The van der Waals surface area contributed by atoms with Gasteiger partial charge in [-0.15, -0.1) is 0 Å². The molecule has 2 amide bonds. The highest BCUT2D eigenvalue weighted by molar-refractivity contribution is 6.35. The zero-order valence-corrected chi connectivity index (χ0v) is 9.49. The van der Waals surface area contributed by atoms with Crippen molar-refractivity contribution in [2.75, 3.05) is 6.54 Å². The molecule has 0 fully saturated rings. The average Bonchev–Trinajstić information content (AvgIpc) is 2.33. The number of nitriles is 1. The lowest BCUT2D eigenvalue weighted by Gasteiger charge is -2.05. The van der Waals surface area contributed by atoms with E-state index in [0.29, 0.717) is 6.54 Å². The van der Waals surface area contributed by atoms with Crippen LogP contribution in [-0.4, -0.2) is 18.4 Å². The van der Waals surface area contributed by atoms with Gasteiger partial charge < -0.3 is 10.6 Å². The van der Waals surface area contributed by atoms with Gasteiger partial charge in [0.1, 0.15) is 6.54 Å². The lowest BCUT2D eigenvalue weighted by molar-refractivity contribution is -0.139. The van der Waals surface area contributed by atoms with Crippen molar-refractivity contribution in [2.24, 2.45) is 0 Å². The minimum atomic E-state index is -0.792. The van der Waals surface area contributed by atoms with Crippen molar-refractivity contribution in [3.8, 4) is 6.07 Å². The molecule has 0 aliphatic carbocycles. The van der Waals surface area contributed by atoms with Crippen LogP contribution in [0.5, 0.6) is 0 Å². The second-order valence-corrected chi connectivity index (χ2v) is 3.51. The van der Waals surface area contributed by atoms with Crippen molar-refractivity contribution in [1.82, 2.24) is 10.6 Å². The molecule has 0 unspecified atom stereocenters. The molecule has 5 heteroatoms. The molecule has 0 radical (unpaired) electrons. The van der Waals surface area contributed by atoms with Gasteiger partial charge in [0.25, 0.3) is 0 Å². The van der Waals surface area contributed by atoms with Gasteiger partial charge in [-0.1, -0.05) is 29.8 Å². The first kappa shape index (κ1) is 12.7. The number of hydrogen-bond donors (Lipinski definition) is 2. The first-order valence-corrected chi connectivity index (χ1v) is 5.12. The average molecular weight is 231 g/mol. The number of carbonyl (C=O) groups excluding carboxylic acids is 2. The molecule has 1 aromatic rings. The second kappa shape index (κ2) is 6.28. The van der Waals surface area contributed by atoms with Crippen molar-refractivity contribution in [1.29, 1.82) is 5.26 Å². The monoisotopic (exact) mass is 231 g/mol. The van der Waals surface area contributed by atoms with E-state index in [0.717, 1.165) is 11.1 Å². The fourth-order valence-corrected chi connectivity index (χ4v) is 1.28. The highest BCUT2D eigenvalue weighted by atomic mass is 16.2. The first-order chi connectivity index (χ1) is 8.13. The summed E-state index contributed by atoms with van der Waals surface area (Å²) in [6, 6.07) is 9.34. The number of aryl methyl sites for hydroxylation is 1. The molecule has 88 valence electrons. The first-order valence-electron chi connectivity index (χ1n) is 5.12. The van der Waals surface area contributed by atoms with Crippen LogP contribution in [0, 0.1) is 18.3 Å². The van der Waals surface area contributed by atoms with Gasteiger partial charge in [-0.3, -0.25) is 9.59 Å². The van der Waals surface area contributed by atoms with Crippen LogP contribution in [0.3, 0.4) is 0 Å². The Morgan fingerprint density at radius 3 is 2.65 bits per heavy atom. The molecule has 0 saturated heterocycles. The molecule has 0 aromatic heterocycles. The van der Waals surface area contributed by atoms with E-state index in [9.17, 15) is 9.59 Å². The van der Waals surface area contributed by atoms with E-state index >= 15 is 0 Å². The predicted octanol–water partition coefficient (Wildman–Crippen LogP) is 0.251. The van der Waals surface area contributed by atoms with E-state index in [4.69, 9.17) is 5.26 Å². The van der Waals surface area contributed by atoms with Gasteiger partial charge in [0.15, 0.2) is 0 Å². The van der Waals surface area contributed by atoms with Crippen molar-refractivity contribution < 1.29 is 9.59 Å². The Morgan fingerprint density at radius 1 is 1.29 bits per heavy atom. The summed E-state index contributed by atoms with van der Waals surface area (Å²) < 4.78 is 0. The van der Waals surface area contributed by atoms with Crippen LogP contribution in [0.15, 0.2) is 24.3 Å². The fourth-order valence-electron chi connectivity index (χ4n) is 1.28. The maximum absolute atomic E-state index is 11.3. The number of nitrogens with zero attached hydrogens (tertiary/aromatic N) is 1. The van der Waals surface area contributed by atoms with E-state index in [-0.39, 0.29) is 6.54 Å². The lowest BCUT2D eigenvalue weighted by Crippen LogP contribution is -2.39. The van der Waals surface area contributed by atoms with Gasteiger partial charge >= 0.3 is 11.8 Å². The molecule has 0 atom stereocenters. The Morgan fingerprint density at radius 2 is 2.00 bits per heavy atom. The zero-order valence-electron chi connectivity index (χ0n) is 9.49. The second-order valence-electron chi connectivity index (χ2n) is 3.51. The molecule has 0 aliphatic rings. The Kier molecular flexibility index (Phi) is 4.70. The summed E-state index contributed by atoms with van der Waals surface area (Å²) in [4.78, 5) is 22.4. The molecule has 0 aliphatic heterocycles. The largest absolute Gasteiger partial charge is 0.344 e. The maximum Gasteiger partial charge on any atom is 0.310 e. The number of rotatable bonds is 3. The van der Waals surface area contributed by atoms with E-state index in [1.165, 1.54) is 0 Å². The van der Waals surface area contributed by atoms with Gasteiger partial charge in [-0.2, -0.15) is 5.26 Å². The number of nitrogens with one attached hydrogen (secondary N) is 2. The predicted molar refractivity (Wildman–Crippen MR) is 61.6 cm³/mol. The minimum Gasteiger partial charge on any atom is -0.344 e. The van der Waals surface area contributed by atoms with Crippen LogP contribution < -0.4 is 10.6 Å². The van der Waals surface area contributed by atoms with E-state index < -0.39 is 11.8 Å². The van der Waals surface area contributed by atoms with Crippen LogP contribution >= 0.6 is 0 Å². The van der Waals surface area contributed by atoms with Gasteiger partial charge in [0, 0.05) is 6.54 Å². The number of hydrogen-bond acceptors (Lipinski definition) is 3. The summed E-state index contributed by atoms with van der Waals surface area (Å²) in [5, 5.41) is 12.9. The SMILES string of the molecule is Cc1cccc(CNC(=O)C(=O)NCC#N)c1. The third kappa shape index (κ3) is 4.34. The van der Waals surface area contributed by atoms with Crippen LogP contribution in [0.25, 0.3) is 0 Å². The van der Waals surface area contributed by atoms with Gasteiger partial charge in [-0.25, -0.2) is 0 Å². The summed E-state index contributed by atoms with van der Waals surface area (Å²) in [6.07, 6.45) is 0. The number of carbonyl (C=O) groups is 2. The molecule has 5 nitrogen and oxygen atoms in total. The third-order valence-electron chi connectivity index (χ3n) is 2.07. The molecule has 0 bridgehead atoms. The summed E-state index contributed by atoms with van der Waals surface area (Å²) >= 11 is 0. The van der Waals surface area contributed by atoms with Crippen LogP contribution in [0.2, 0.25) is 0 Å². The third-order valence-corrected chi connectivity index (χ3v) is 2.07. The Balaban J connectivity index is 2.43. The number of benzene rings is 1. The maximum atomic E-state index is 11.3. The Labute approximate surface area is 99.4 Å². The molecule has 0 saturated carbocycles. The molecule has 0 heterocycles.